The van der Waals surface area contributed by atoms with Gasteiger partial charge >= 0.3 is 0 Å². The molecule has 94 valence electrons. The molecule has 6 heteroatoms. The van der Waals surface area contributed by atoms with Crippen molar-refractivity contribution in [2.24, 2.45) is 5.73 Å². The monoisotopic (exact) mass is 238 g/mol. The highest BCUT2D eigenvalue weighted by Gasteiger charge is 2.09. The third-order valence-electron chi connectivity index (χ3n) is 2.27. The molecule has 1 aromatic heterocycles. The zero-order valence-electron chi connectivity index (χ0n) is 10.1. The molecule has 1 atom stereocenters. The predicted octanol–water partition coefficient (Wildman–Crippen LogP) is -0.0625. The van der Waals surface area contributed by atoms with E-state index in [0.717, 1.165) is 11.4 Å². The van der Waals surface area contributed by atoms with Crippen LogP contribution in [0.25, 0.3) is 0 Å². The molecule has 1 rings (SSSR count). The standard InChI is InChI=1S/C11H18N4O2/c1-8-11(15-4-3-13-8)9(2)14-5-6-17-7-10(12)16/h3-4,9,14H,5-7H2,1-2H3,(H2,12,16). The molecule has 6 nitrogen and oxygen atoms in total. The number of hydrogen-bond acceptors (Lipinski definition) is 5. The minimum Gasteiger partial charge on any atom is -0.370 e. The van der Waals surface area contributed by atoms with Crippen LogP contribution in [0.4, 0.5) is 0 Å². The van der Waals surface area contributed by atoms with Crippen molar-refractivity contribution in [2.45, 2.75) is 19.9 Å². The Kier molecular flexibility index (Phi) is 5.51. The van der Waals surface area contributed by atoms with E-state index in [9.17, 15) is 4.79 Å². The van der Waals surface area contributed by atoms with Crippen LogP contribution >= 0.6 is 0 Å². The molecule has 1 unspecified atom stereocenters. The predicted molar refractivity (Wildman–Crippen MR) is 63.2 cm³/mol. The number of nitrogens with zero attached hydrogens (tertiary/aromatic N) is 2. The Morgan fingerprint density at radius 3 is 2.88 bits per heavy atom. The molecule has 0 fully saturated rings. The summed E-state index contributed by atoms with van der Waals surface area (Å²) in [6.07, 6.45) is 3.34. The van der Waals surface area contributed by atoms with Crippen LogP contribution in [0.15, 0.2) is 12.4 Å². The fourth-order valence-electron chi connectivity index (χ4n) is 1.46. The Morgan fingerprint density at radius 2 is 2.24 bits per heavy atom. The normalized spacial score (nSPS) is 12.4. The van der Waals surface area contributed by atoms with Crippen LogP contribution in [0, 0.1) is 6.92 Å². The molecule has 0 aromatic carbocycles. The van der Waals surface area contributed by atoms with E-state index in [0.29, 0.717) is 13.2 Å². The first-order valence-corrected chi connectivity index (χ1v) is 5.48. The number of primary amides is 1. The minimum absolute atomic E-state index is 0.0414. The first kappa shape index (κ1) is 13.5. The van der Waals surface area contributed by atoms with Crippen molar-refractivity contribution in [3.63, 3.8) is 0 Å². The highest BCUT2D eigenvalue weighted by Crippen LogP contribution is 2.10. The van der Waals surface area contributed by atoms with Gasteiger partial charge in [0.15, 0.2) is 0 Å². The Balaban J connectivity index is 2.28. The maximum atomic E-state index is 10.4. The molecule has 1 amide bonds. The fourth-order valence-corrected chi connectivity index (χ4v) is 1.46. The molecular weight excluding hydrogens is 220 g/mol. The lowest BCUT2D eigenvalue weighted by molar-refractivity contribution is -0.122. The summed E-state index contributed by atoms with van der Waals surface area (Å²) >= 11 is 0. The Morgan fingerprint density at radius 1 is 1.53 bits per heavy atom. The Labute approximate surface area is 101 Å². The van der Waals surface area contributed by atoms with Crippen molar-refractivity contribution >= 4 is 5.91 Å². The number of nitrogens with one attached hydrogen (secondary N) is 1. The van der Waals surface area contributed by atoms with Crippen LogP contribution < -0.4 is 11.1 Å². The zero-order valence-corrected chi connectivity index (χ0v) is 10.1. The van der Waals surface area contributed by atoms with Gasteiger partial charge in [-0.15, -0.1) is 0 Å². The van der Waals surface area contributed by atoms with E-state index in [1.807, 2.05) is 13.8 Å². The maximum absolute atomic E-state index is 10.4. The summed E-state index contributed by atoms with van der Waals surface area (Å²) in [6, 6.07) is 0.0980. The van der Waals surface area contributed by atoms with Gasteiger partial charge in [-0.25, -0.2) is 0 Å². The fraction of sp³-hybridized carbons (Fsp3) is 0.545. The lowest BCUT2D eigenvalue weighted by Crippen LogP contribution is -2.26. The minimum atomic E-state index is -0.456. The second-order valence-corrected chi connectivity index (χ2v) is 3.72. The van der Waals surface area contributed by atoms with Gasteiger partial charge in [-0.3, -0.25) is 14.8 Å². The molecule has 1 aromatic rings. The van der Waals surface area contributed by atoms with E-state index in [-0.39, 0.29) is 12.6 Å². The van der Waals surface area contributed by atoms with E-state index in [4.69, 9.17) is 10.5 Å². The van der Waals surface area contributed by atoms with Gasteiger partial charge in [0.05, 0.1) is 18.0 Å². The van der Waals surface area contributed by atoms with Gasteiger partial charge in [-0.1, -0.05) is 0 Å². The number of aromatic nitrogens is 2. The van der Waals surface area contributed by atoms with Crippen LogP contribution in [0.3, 0.4) is 0 Å². The first-order chi connectivity index (χ1) is 8.11. The van der Waals surface area contributed by atoms with Crippen LogP contribution in [-0.2, 0) is 9.53 Å². The van der Waals surface area contributed by atoms with Crippen LogP contribution in [-0.4, -0.2) is 35.6 Å². The molecular formula is C11H18N4O2. The SMILES string of the molecule is Cc1nccnc1C(C)NCCOCC(N)=O. The summed E-state index contributed by atoms with van der Waals surface area (Å²) in [5.74, 6) is -0.456. The lowest BCUT2D eigenvalue weighted by Gasteiger charge is -2.14. The molecule has 0 spiro atoms. The molecule has 17 heavy (non-hydrogen) atoms. The van der Waals surface area contributed by atoms with Gasteiger partial charge in [-0.2, -0.15) is 0 Å². The van der Waals surface area contributed by atoms with E-state index >= 15 is 0 Å². The van der Waals surface area contributed by atoms with Gasteiger partial charge < -0.3 is 15.8 Å². The van der Waals surface area contributed by atoms with Crippen molar-refractivity contribution in [1.82, 2.24) is 15.3 Å². The summed E-state index contributed by atoms with van der Waals surface area (Å²) in [5, 5.41) is 3.23. The number of amides is 1. The van der Waals surface area contributed by atoms with E-state index < -0.39 is 5.91 Å². The number of ether oxygens (including phenoxy) is 1. The largest absolute Gasteiger partial charge is 0.370 e. The second kappa shape index (κ2) is 6.93. The second-order valence-electron chi connectivity index (χ2n) is 3.72. The summed E-state index contributed by atoms with van der Waals surface area (Å²) < 4.78 is 5.04. The van der Waals surface area contributed by atoms with Gasteiger partial charge in [-0.05, 0) is 13.8 Å². The van der Waals surface area contributed by atoms with E-state index in [1.165, 1.54) is 0 Å². The number of carbonyl (C=O) groups is 1. The van der Waals surface area contributed by atoms with Crippen molar-refractivity contribution in [1.29, 1.82) is 0 Å². The Hall–Kier alpha value is -1.53. The smallest absolute Gasteiger partial charge is 0.243 e. The van der Waals surface area contributed by atoms with Crippen LogP contribution in [0.1, 0.15) is 24.4 Å². The molecule has 3 N–H and O–H groups in total. The van der Waals surface area contributed by atoms with Crippen molar-refractivity contribution < 1.29 is 9.53 Å². The van der Waals surface area contributed by atoms with Gasteiger partial charge in [0.1, 0.15) is 6.61 Å². The van der Waals surface area contributed by atoms with Crippen molar-refractivity contribution in [3.05, 3.63) is 23.8 Å². The molecule has 0 saturated heterocycles. The number of nitrogens with two attached hydrogens (primary N) is 1. The van der Waals surface area contributed by atoms with E-state index in [1.54, 1.807) is 12.4 Å². The third-order valence-corrected chi connectivity index (χ3v) is 2.27. The highest BCUT2D eigenvalue weighted by molar-refractivity contribution is 5.74. The average molecular weight is 238 g/mol. The number of hydrogen-bond donors (Lipinski definition) is 2. The zero-order chi connectivity index (χ0) is 12.7. The van der Waals surface area contributed by atoms with Crippen LogP contribution in [0.2, 0.25) is 0 Å². The first-order valence-electron chi connectivity index (χ1n) is 5.48. The molecule has 1 heterocycles. The number of aryl methyl sites for hydroxylation is 1. The van der Waals surface area contributed by atoms with Crippen LogP contribution in [0.5, 0.6) is 0 Å². The van der Waals surface area contributed by atoms with E-state index in [2.05, 4.69) is 15.3 Å². The average Bonchev–Trinajstić information content (AvgIpc) is 2.28. The van der Waals surface area contributed by atoms with Gasteiger partial charge in [0.25, 0.3) is 0 Å². The number of carbonyl (C=O) groups excluding carboxylic acids is 1. The summed E-state index contributed by atoms with van der Waals surface area (Å²) in [6.45, 7) is 4.95. The molecule has 0 aliphatic carbocycles. The quantitative estimate of drug-likeness (QED) is 0.649. The van der Waals surface area contributed by atoms with Gasteiger partial charge in [0, 0.05) is 25.0 Å². The third kappa shape index (κ3) is 4.88. The number of rotatable bonds is 7. The highest BCUT2D eigenvalue weighted by atomic mass is 16.5. The van der Waals surface area contributed by atoms with Crippen molar-refractivity contribution in [3.8, 4) is 0 Å². The maximum Gasteiger partial charge on any atom is 0.243 e. The molecule has 0 aliphatic rings. The topological polar surface area (TPSA) is 90.1 Å². The van der Waals surface area contributed by atoms with Gasteiger partial charge in [0.2, 0.25) is 5.91 Å². The van der Waals surface area contributed by atoms with Crippen molar-refractivity contribution in [2.75, 3.05) is 19.8 Å². The summed E-state index contributed by atoms with van der Waals surface area (Å²) in [4.78, 5) is 18.9. The molecule has 0 radical (unpaired) electrons. The lowest BCUT2D eigenvalue weighted by atomic mass is 10.2. The Bertz CT molecular complexity index is 370. The molecule has 0 bridgehead atoms. The molecule has 0 saturated carbocycles. The molecule has 0 aliphatic heterocycles. The summed E-state index contributed by atoms with van der Waals surface area (Å²) in [7, 11) is 0. The summed E-state index contributed by atoms with van der Waals surface area (Å²) in [5.41, 5.74) is 6.77.